The van der Waals surface area contributed by atoms with Gasteiger partial charge in [0.1, 0.15) is 0 Å². The molecule has 2 heterocycles. The highest BCUT2D eigenvalue weighted by atomic mass is 32.1. The quantitative estimate of drug-likeness (QED) is 0.824. The highest BCUT2D eigenvalue weighted by Crippen LogP contribution is 2.37. The molecule has 1 N–H and O–H groups in total. The fourth-order valence-electron chi connectivity index (χ4n) is 2.31. The molecule has 0 saturated carbocycles. The molecule has 1 atom stereocenters. The minimum absolute atomic E-state index is 0.345. The Balaban J connectivity index is 2.04. The van der Waals surface area contributed by atoms with Gasteiger partial charge in [-0.25, -0.2) is 8.78 Å². The second-order valence-electron chi connectivity index (χ2n) is 4.55. The fraction of sp³-hybridized carbons (Fsp3) is 0.286. The van der Waals surface area contributed by atoms with Crippen LogP contribution in [-0.2, 0) is 6.42 Å². The van der Waals surface area contributed by atoms with Gasteiger partial charge in [-0.3, -0.25) is 0 Å². The number of nitrogens with one attached hydrogen (secondary N) is 1. The van der Waals surface area contributed by atoms with Crippen molar-refractivity contribution < 1.29 is 8.78 Å². The predicted molar refractivity (Wildman–Crippen MR) is 69.8 cm³/mol. The van der Waals surface area contributed by atoms with Gasteiger partial charge in [-0.15, -0.1) is 11.3 Å². The molecule has 1 aromatic heterocycles. The number of hydrogen-bond acceptors (Lipinski definition) is 2. The van der Waals surface area contributed by atoms with Crippen LogP contribution in [0, 0.1) is 11.6 Å². The summed E-state index contributed by atoms with van der Waals surface area (Å²) in [6.45, 7) is 3.10. The van der Waals surface area contributed by atoms with Crippen LogP contribution in [-0.4, -0.2) is 6.54 Å². The molecule has 1 nitrogen and oxygen atoms in total. The molecule has 94 valence electrons. The van der Waals surface area contributed by atoms with Crippen LogP contribution in [0.5, 0.6) is 0 Å². The van der Waals surface area contributed by atoms with Crippen molar-refractivity contribution in [2.24, 2.45) is 0 Å². The molecule has 3 rings (SSSR count). The van der Waals surface area contributed by atoms with Crippen molar-refractivity contribution >= 4 is 11.3 Å². The molecule has 2 aromatic rings. The summed E-state index contributed by atoms with van der Waals surface area (Å²) < 4.78 is 26.2. The third-order valence-corrected chi connectivity index (χ3v) is 4.69. The molecule has 0 spiro atoms. The first-order chi connectivity index (χ1) is 8.65. The Bertz CT molecular complexity index is 591. The van der Waals surface area contributed by atoms with Crippen LogP contribution < -0.4 is 5.32 Å². The minimum atomic E-state index is -0.796. The Morgan fingerprint density at radius 2 is 2.06 bits per heavy atom. The van der Waals surface area contributed by atoms with Gasteiger partial charge in [0.15, 0.2) is 11.6 Å². The molecule has 0 bridgehead atoms. The summed E-state index contributed by atoms with van der Waals surface area (Å²) in [5.74, 6) is -1.58. The van der Waals surface area contributed by atoms with Gasteiger partial charge < -0.3 is 5.32 Å². The molecular weight excluding hydrogens is 252 g/mol. The smallest absolute Gasteiger partial charge is 0.159 e. The van der Waals surface area contributed by atoms with Crippen LogP contribution in [0.1, 0.15) is 23.4 Å². The van der Waals surface area contributed by atoms with E-state index in [1.807, 2.05) is 0 Å². The number of hydrogen-bond donors (Lipinski definition) is 1. The van der Waals surface area contributed by atoms with E-state index in [2.05, 4.69) is 18.3 Å². The second kappa shape index (κ2) is 4.44. The van der Waals surface area contributed by atoms with E-state index in [1.165, 1.54) is 22.6 Å². The predicted octanol–water partition coefficient (Wildman–Crippen LogP) is 3.90. The fourth-order valence-corrected chi connectivity index (χ4v) is 3.55. The summed E-state index contributed by atoms with van der Waals surface area (Å²) in [4.78, 5) is 2.32. The average Bonchev–Trinajstić information content (AvgIpc) is 2.78. The lowest BCUT2D eigenvalue weighted by Crippen LogP contribution is -2.26. The van der Waals surface area contributed by atoms with E-state index in [1.54, 1.807) is 17.4 Å². The zero-order valence-electron chi connectivity index (χ0n) is 9.97. The lowest BCUT2D eigenvalue weighted by Gasteiger charge is -2.19. The van der Waals surface area contributed by atoms with Crippen molar-refractivity contribution in [3.63, 3.8) is 0 Å². The molecule has 1 aliphatic rings. The van der Waals surface area contributed by atoms with Crippen molar-refractivity contribution in [2.45, 2.75) is 19.4 Å². The van der Waals surface area contributed by atoms with Gasteiger partial charge in [0.2, 0.25) is 0 Å². The molecule has 0 saturated heterocycles. The minimum Gasteiger partial charge on any atom is -0.309 e. The van der Waals surface area contributed by atoms with Crippen molar-refractivity contribution in [1.82, 2.24) is 5.32 Å². The van der Waals surface area contributed by atoms with Crippen LogP contribution >= 0.6 is 11.3 Å². The Kier molecular flexibility index (Phi) is 2.92. The lowest BCUT2D eigenvalue weighted by molar-refractivity contribution is 0.509. The molecule has 4 heteroatoms. The maximum atomic E-state index is 13.2. The van der Waals surface area contributed by atoms with E-state index >= 15 is 0 Å². The molecule has 1 unspecified atom stereocenters. The highest BCUT2D eigenvalue weighted by Gasteiger charge is 2.19. The Morgan fingerprint density at radius 3 is 2.78 bits per heavy atom. The number of thiophene rings is 1. The van der Waals surface area contributed by atoms with Crippen LogP contribution in [0.4, 0.5) is 8.78 Å². The van der Waals surface area contributed by atoms with Gasteiger partial charge in [0, 0.05) is 15.8 Å². The summed E-state index contributed by atoms with van der Waals surface area (Å²) in [6.07, 6.45) is 1.000. The third-order valence-electron chi connectivity index (χ3n) is 3.28. The molecule has 1 aromatic carbocycles. The van der Waals surface area contributed by atoms with Crippen LogP contribution in [0.25, 0.3) is 10.4 Å². The molecule has 18 heavy (non-hydrogen) atoms. The Labute approximate surface area is 108 Å². The molecule has 0 radical (unpaired) electrons. The molecule has 0 fully saturated rings. The van der Waals surface area contributed by atoms with Gasteiger partial charge in [-0.1, -0.05) is 6.07 Å². The zero-order chi connectivity index (χ0) is 12.7. The number of benzene rings is 1. The van der Waals surface area contributed by atoms with Crippen LogP contribution in [0.15, 0.2) is 24.3 Å². The zero-order valence-corrected chi connectivity index (χ0v) is 10.8. The van der Waals surface area contributed by atoms with Crippen molar-refractivity contribution in [3.05, 3.63) is 46.3 Å². The van der Waals surface area contributed by atoms with E-state index in [9.17, 15) is 8.78 Å². The van der Waals surface area contributed by atoms with E-state index in [0.29, 0.717) is 6.04 Å². The topological polar surface area (TPSA) is 12.0 Å². The van der Waals surface area contributed by atoms with Crippen LogP contribution in [0.2, 0.25) is 0 Å². The third kappa shape index (κ3) is 1.95. The first kappa shape index (κ1) is 11.8. The number of fused-ring (bicyclic) bond motifs is 1. The second-order valence-corrected chi connectivity index (χ2v) is 5.64. The SMILES string of the molecule is CC1NCCc2cc(-c3ccc(F)c(F)c3)sc21. The summed E-state index contributed by atoms with van der Waals surface area (Å²) in [6, 6.07) is 6.53. The first-order valence-electron chi connectivity index (χ1n) is 5.96. The summed E-state index contributed by atoms with van der Waals surface area (Å²) >= 11 is 1.66. The maximum absolute atomic E-state index is 13.2. The van der Waals surface area contributed by atoms with E-state index in [4.69, 9.17) is 0 Å². The maximum Gasteiger partial charge on any atom is 0.159 e. The lowest BCUT2D eigenvalue weighted by atomic mass is 10.0. The highest BCUT2D eigenvalue weighted by molar-refractivity contribution is 7.15. The molecule has 1 aliphatic heterocycles. The van der Waals surface area contributed by atoms with E-state index in [-0.39, 0.29) is 0 Å². The van der Waals surface area contributed by atoms with Crippen molar-refractivity contribution in [3.8, 4) is 10.4 Å². The average molecular weight is 265 g/mol. The van der Waals surface area contributed by atoms with Gasteiger partial charge in [-0.05, 0) is 49.2 Å². The standard InChI is InChI=1S/C14H13F2NS/c1-8-14-10(4-5-17-8)7-13(18-14)9-2-3-11(15)12(16)6-9/h2-3,6-8,17H,4-5H2,1H3. The van der Waals surface area contributed by atoms with Gasteiger partial charge in [-0.2, -0.15) is 0 Å². The van der Waals surface area contributed by atoms with Crippen LogP contribution in [0.3, 0.4) is 0 Å². The molecule has 0 aliphatic carbocycles. The Hall–Kier alpha value is -1.26. The largest absolute Gasteiger partial charge is 0.309 e. The first-order valence-corrected chi connectivity index (χ1v) is 6.78. The van der Waals surface area contributed by atoms with Crippen molar-refractivity contribution in [1.29, 1.82) is 0 Å². The normalized spacial score (nSPS) is 18.7. The number of rotatable bonds is 1. The van der Waals surface area contributed by atoms with E-state index < -0.39 is 11.6 Å². The Morgan fingerprint density at radius 1 is 1.22 bits per heavy atom. The van der Waals surface area contributed by atoms with Gasteiger partial charge in [0.05, 0.1) is 0 Å². The van der Waals surface area contributed by atoms with Gasteiger partial charge in [0.25, 0.3) is 0 Å². The summed E-state index contributed by atoms with van der Waals surface area (Å²) in [5, 5.41) is 3.40. The molecular formula is C14H13F2NS. The number of halogens is 2. The molecule has 0 amide bonds. The summed E-state index contributed by atoms with van der Waals surface area (Å²) in [5.41, 5.74) is 2.08. The van der Waals surface area contributed by atoms with Crippen molar-refractivity contribution in [2.75, 3.05) is 6.54 Å². The summed E-state index contributed by atoms with van der Waals surface area (Å²) in [7, 11) is 0. The van der Waals surface area contributed by atoms with E-state index in [0.717, 1.165) is 23.4 Å². The van der Waals surface area contributed by atoms with Gasteiger partial charge >= 0.3 is 0 Å². The monoisotopic (exact) mass is 265 g/mol.